The van der Waals surface area contributed by atoms with Gasteiger partial charge in [-0.2, -0.15) is 18.3 Å². The third kappa shape index (κ3) is 3.60. The molecule has 3 aromatic rings. The number of alkyl halides is 3. The molecule has 1 atom stereocenters. The molecule has 0 aliphatic heterocycles. The zero-order chi connectivity index (χ0) is 21.5. The maximum Gasteiger partial charge on any atom is 0.418 e. The van der Waals surface area contributed by atoms with Crippen molar-refractivity contribution in [2.75, 3.05) is 0 Å². The van der Waals surface area contributed by atoms with Crippen LogP contribution in [0.1, 0.15) is 45.3 Å². The summed E-state index contributed by atoms with van der Waals surface area (Å²) in [5, 5.41) is 6.80. The van der Waals surface area contributed by atoms with E-state index >= 15 is 0 Å². The fourth-order valence-electron chi connectivity index (χ4n) is 3.78. The van der Waals surface area contributed by atoms with Crippen molar-refractivity contribution in [1.29, 1.82) is 0 Å². The number of hydrogen-bond acceptors (Lipinski definition) is 3. The van der Waals surface area contributed by atoms with Crippen molar-refractivity contribution in [3.8, 4) is 5.69 Å². The van der Waals surface area contributed by atoms with Gasteiger partial charge in [-0.3, -0.25) is 9.59 Å². The second-order valence-electron chi connectivity index (χ2n) is 7.19. The van der Waals surface area contributed by atoms with Gasteiger partial charge >= 0.3 is 6.18 Å². The summed E-state index contributed by atoms with van der Waals surface area (Å²) in [5.41, 5.74) is 0.0541. The number of aryl methyl sites for hydroxylation is 2. The molecular weight excluding hydrogens is 395 g/mol. The van der Waals surface area contributed by atoms with E-state index < -0.39 is 28.8 Å². The number of benzene rings is 2. The molecule has 0 spiro atoms. The van der Waals surface area contributed by atoms with Crippen LogP contribution in [0.15, 0.2) is 59.4 Å². The monoisotopic (exact) mass is 413 g/mol. The number of halogens is 3. The summed E-state index contributed by atoms with van der Waals surface area (Å²) >= 11 is 0. The van der Waals surface area contributed by atoms with Crippen molar-refractivity contribution in [3.63, 3.8) is 0 Å². The first-order valence-corrected chi connectivity index (χ1v) is 9.42. The maximum atomic E-state index is 13.4. The minimum atomic E-state index is -4.61. The topological polar surface area (TPSA) is 64.0 Å². The molecule has 0 saturated carbocycles. The van der Waals surface area contributed by atoms with Crippen LogP contribution in [-0.4, -0.2) is 15.7 Å². The molecule has 0 radical (unpaired) electrons. The fraction of sp³-hybridized carbons (Fsp3) is 0.227. The molecule has 8 heteroatoms. The predicted molar refractivity (Wildman–Crippen MR) is 105 cm³/mol. The van der Waals surface area contributed by atoms with Crippen LogP contribution in [0, 0.1) is 6.92 Å². The smallest absolute Gasteiger partial charge is 0.344 e. The Balaban J connectivity index is 1.72. The number of fused-ring (bicyclic) bond motifs is 1. The number of amides is 1. The normalized spacial score (nSPS) is 15.7. The van der Waals surface area contributed by atoms with Gasteiger partial charge in [-0.05, 0) is 43.0 Å². The molecule has 1 heterocycles. The molecule has 0 fully saturated rings. The Bertz CT molecular complexity index is 1180. The molecule has 1 aliphatic rings. The quantitative estimate of drug-likeness (QED) is 0.707. The lowest BCUT2D eigenvalue weighted by atomic mass is 10.1. The largest absolute Gasteiger partial charge is 0.418 e. The Hall–Kier alpha value is -3.42. The molecule has 1 N–H and O–H groups in total. The van der Waals surface area contributed by atoms with Gasteiger partial charge in [-0.25, -0.2) is 4.68 Å². The molecule has 1 aromatic heterocycles. The lowest BCUT2D eigenvalue weighted by Crippen LogP contribution is -2.34. The zero-order valence-corrected chi connectivity index (χ0v) is 16.0. The second-order valence-corrected chi connectivity index (χ2v) is 7.19. The molecule has 1 unspecified atom stereocenters. The van der Waals surface area contributed by atoms with Crippen LogP contribution < -0.4 is 10.7 Å². The first-order valence-electron chi connectivity index (χ1n) is 9.42. The second kappa shape index (κ2) is 7.44. The minimum Gasteiger partial charge on any atom is -0.344 e. The van der Waals surface area contributed by atoms with Gasteiger partial charge in [0.15, 0.2) is 5.69 Å². The molecule has 1 aliphatic carbocycles. The van der Waals surface area contributed by atoms with Gasteiger partial charge in [0.25, 0.3) is 5.91 Å². The first kappa shape index (κ1) is 19.9. The highest BCUT2D eigenvalue weighted by Gasteiger charge is 2.34. The lowest BCUT2D eigenvalue weighted by Gasteiger charge is -2.17. The van der Waals surface area contributed by atoms with Gasteiger partial charge in [0.05, 0.1) is 17.3 Å². The lowest BCUT2D eigenvalue weighted by molar-refractivity contribution is -0.137. The van der Waals surface area contributed by atoms with Gasteiger partial charge in [-0.1, -0.05) is 36.4 Å². The molecule has 30 heavy (non-hydrogen) atoms. The summed E-state index contributed by atoms with van der Waals surface area (Å²) in [6.07, 6.45) is -3.13. The number of nitrogens with zero attached hydrogens (tertiary/aromatic N) is 2. The maximum absolute atomic E-state index is 13.4. The average molecular weight is 413 g/mol. The summed E-state index contributed by atoms with van der Waals surface area (Å²) in [5.74, 6) is -0.708. The third-order valence-corrected chi connectivity index (χ3v) is 5.20. The number of nitrogens with one attached hydrogen (secondary N) is 1. The van der Waals surface area contributed by atoms with E-state index in [1.165, 1.54) is 25.1 Å². The van der Waals surface area contributed by atoms with Crippen LogP contribution >= 0.6 is 0 Å². The van der Waals surface area contributed by atoms with Gasteiger partial charge < -0.3 is 5.32 Å². The summed E-state index contributed by atoms with van der Waals surface area (Å²) < 4.78 is 41.3. The van der Waals surface area contributed by atoms with E-state index in [2.05, 4.69) is 10.4 Å². The van der Waals surface area contributed by atoms with Crippen molar-refractivity contribution in [1.82, 2.24) is 15.1 Å². The van der Waals surface area contributed by atoms with Crippen molar-refractivity contribution in [3.05, 3.63) is 92.9 Å². The molecule has 4 rings (SSSR count). The number of aromatic nitrogens is 2. The number of para-hydroxylation sites is 1. The van der Waals surface area contributed by atoms with Crippen LogP contribution in [0.25, 0.3) is 5.69 Å². The van der Waals surface area contributed by atoms with Crippen LogP contribution in [-0.2, 0) is 12.6 Å². The molecular formula is C22H18F3N3O2. The third-order valence-electron chi connectivity index (χ3n) is 5.20. The standard InChI is InChI=1S/C22H18F3N3O2/c1-13-12-19(29)20(21(30)26-17-11-10-14-6-2-3-7-15(14)17)27-28(13)18-9-5-4-8-16(18)22(23,24)25/h2-9,12,17H,10-11H2,1H3,(H,26,30). The summed E-state index contributed by atoms with van der Waals surface area (Å²) in [6, 6.07) is 13.4. The van der Waals surface area contributed by atoms with Gasteiger partial charge in [0.2, 0.25) is 5.43 Å². The van der Waals surface area contributed by atoms with E-state index in [-0.39, 0.29) is 17.4 Å². The molecule has 2 aromatic carbocycles. The molecule has 1 amide bonds. The van der Waals surface area contributed by atoms with Gasteiger partial charge in [0, 0.05) is 11.8 Å². The number of carbonyl (C=O) groups is 1. The van der Waals surface area contributed by atoms with Crippen molar-refractivity contribution >= 4 is 5.91 Å². The minimum absolute atomic E-state index is 0.194. The highest BCUT2D eigenvalue weighted by molar-refractivity contribution is 5.92. The van der Waals surface area contributed by atoms with E-state index in [1.54, 1.807) is 0 Å². The van der Waals surface area contributed by atoms with Crippen LogP contribution in [0.2, 0.25) is 0 Å². The van der Waals surface area contributed by atoms with E-state index in [9.17, 15) is 22.8 Å². The highest BCUT2D eigenvalue weighted by Crippen LogP contribution is 2.34. The number of rotatable bonds is 3. The van der Waals surface area contributed by atoms with E-state index in [4.69, 9.17) is 0 Å². The summed E-state index contributed by atoms with van der Waals surface area (Å²) in [6.45, 7) is 1.47. The molecule has 154 valence electrons. The summed E-state index contributed by atoms with van der Waals surface area (Å²) in [7, 11) is 0. The Morgan fingerprint density at radius 1 is 1.13 bits per heavy atom. The van der Waals surface area contributed by atoms with E-state index in [0.717, 1.165) is 34.4 Å². The predicted octanol–water partition coefficient (Wildman–Crippen LogP) is 3.98. The Morgan fingerprint density at radius 3 is 2.60 bits per heavy atom. The fourth-order valence-corrected chi connectivity index (χ4v) is 3.78. The van der Waals surface area contributed by atoms with Crippen LogP contribution in [0.3, 0.4) is 0 Å². The SMILES string of the molecule is Cc1cc(=O)c(C(=O)NC2CCc3ccccc32)nn1-c1ccccc1C(F)(F)F. The first-order chi connectivity index (χ1) is 14.3. The Kier molecular flexibility index (Phi) is 4.93. The average Bonchev–Trinajstić information content (AvgIpc) is 3.10. The zero-order valence-electron chi connectivity index (χ0n) is 16.0. The molecule has 0 bridgehead atoms. The van der Waals surface area contributed by atoms with Crippen molar-refractivity contribution < 1.29 is 18.0 Å². The summed E-state index contributed by atoms with van der Waals surface area (Å²) in [4.78, 5) is 25.2. The van der Waals surface area contributed by atoms with Crippen LogP contribution in [0.4, 0.5) is 13.2 Å². The van der Waals surface area contributed by atoms with Crippen molar-refractivity contribution in [2.45, 2.75) is 32.0 Å². The Morgan fingerprint density at radius 2 is 1.83 bits per heavy atom. The Labute approximate surface area is 170 Å². The number of hydrogen-bond donors (Lipinski definition) is 1. The van der Waals surface area contributed by atoms with Gasteiger partial charge in [-0.15, -0.1) is 0 Å². The highest BCUT2D eigenvalue weighted by atomic mass is 19.4. The van der Waals surface area contributed by atoms with Crippen molar-refractivity contribution in [2.24, 2.45) is 0 Å². The van der Waals surface area contributed by atoms with E-state index in [1.807, 2.05) is 24.3 Å². The molecule has 0 saturated heterocycles. The van der Waals surface area contributed by atoms with Crippen LogP contribution in [0.5, 0.6) is 0 Å². The van der Waals surface area contributed by atoms with Gasteiger partial charge in [0.1, 0.15) is 0 Å². The van der Waals surface area contributed by atoms with E-state index in [0.29, 0.717) is 6.42 Å². The number of carbonyl (C=O) groups excluding carboxylic acids is 1. The molecule has 5 nitrogen and oxygen atoms in total.